The molecule has 1 fully saturated rings. The van der Waals surface area contributed by atoms with E-state index in [4.69, 9.17) is 10.8 Å². The summed E-state index contributed by atoms with van der Waals surface area (Å²) in [5, 5.41) is 12.7. The predicted octanol–water partition coefficient (Wildman–Crippen LogP) is 1.04. The number of aryl methyl sites for hydroxylation is 1. The highest BCUT2D eigenvalue weighted by atomic mass is 35.5. The van der Waals surface area contributed by atoms with Gasteiger partial charge in [0.05, 0.1) is 5.92 Å². The number of carbonyl (C=O) groups is 2. The van der Waals surface area contributed by atoms with Gasteiger partial charge in [0.15, 0.2) is 0 Å². The highest BCUT2D eigenvalue weighted by Gasteiger charge is 2.31. The SMILES string of the molecule is Cl.Cn1nc(C(F)F)cc1C(=O)N1C[C@H](N)CC[C@H](C(=O)O)C1. The third kappa shape index (κ3) is 4.38. The molecule has 2 heterocycles. The van der Waals surface area contributed by atoms with Gasteiger partial charge in [-0.25, -0.2) is 8.78 Å². The van der Waals surface area contributed by atoms with Gasteiger partial charge in [0.1, 0.15) is 11.4 Å². The van der Waals surface area contributed by atoms with Crippen molar-refractivity contribution in [2.24, 2.45) is 18.7 Å². The van der Waals surface area contributed by atoms with E-state index in [1.807, 2.05) is 0 Å². The molecule has 10 heteroatoms. The Labute approximate surface area is 137 Å². The van der Waals surface area contributed by atoms with Crippen LogP contribution in [0.5, 0.6) is 0 Å². The average molecular weight is 353 g/mol. The molecule has 23 heavy (non-hydrogen) atoms. The van der Waals surface area contributed by atoms with E-state index in [0.717, 1.165) is 10.7 Å². The van der Waals surface area contributed by atoms with Gasteiger partial charge >= 0.3 is 5.97 Å². The minimum Gasteiger partial charge on any atom is -0.481 e. The number of amides is 1. The molecule has 1 aliphatic heterocycles. The lowest BCUT2D eigenvalue weighted by atomic mass is 10.0. The molecule has 1 saturated heterocycles. The van der Waals surface area contributed by atoms with Crippen LogP contribution < -0.4 is 5.73 Å². The Morgan fingerprint density at radius 1 is 1.39 bits per heavy atom. The molecule has 0 aromatic carbocycles. The van der Waals surface area contributed by atoms with Gasteiger partial charge in [0.25, 0.3) is 12.3 Å². The van der Waals surface area contributed by atoms with Gasteiger partial charge in [0.2, 0.25) is 0 Å². The molecule has 0 bridgehead atoms. The maximum Gasteiger partial charge on any atom is 0.308 e. The second-order valence-corrected chi connectivity index (χ2v) is 5.46. The first-order valence-corrected chi connectivity index (χ1v) is 6.89. The van der Waals surface area contributed by atoms with Crippen molar-refractivity contribution >= 4 is 24.3 Å². The first-order chi connectivity index (χ1) is 10.3. The lowest BCUT2D eigenvalue weighted by Crippen LogP contribution is -2.42. The molecule has 0 radical (unpaired) electrons. The van der Waals surface area contributed by atoms with Crippen LogP contribution in [0.1, 0.15) is 35.4 Å². The molecular formula is C13H19ClF2N4O3. The van der Waals surface area contributed by atoms with Crippen LogP contribution in [0, 0.1) is 5.92 Å². The number of carbonyl (C=O) groups excluding carboxylic acids is 1. The van der Waals surface area contributed by atoms with Crippen molar-refractivity contribution in [3.05, 3.63) is 17.5 Å². The normalized spacial score (nSPS) is 21.7. The van der Waals surface area contributed by atoms with E-state index < -0.39 is 29.9 Å². The van der Waals surface area contributed by atoms with E-state index in [9.17, 15) is 18.4 Å². The molecule has 2 atom stereocenters. The van der Waals surface area contributed by atoms with Gasteiger partial charge in [0, 0.05) is 26.2 Å². The monoisotopic (exact) mass is 352 g/mol. The van der Waals surface area contributed by atoms with Crippen molar-refractivity contribution in [3.63, 3.8) is 0 Å². The van der Waals surface area contributed by atoms with Crippen LogP contribution in [0.3, 0.4) is 0 Å². The van der Waals surface area contributed by atoms with Crippen molar-refractivity contribution in [1.82, 2.24) is 14.7 Å². The van der Waals surface area contributed by atoms with E-state index in [1.54, 1.807) is 0 Å². The Morgan fingerprint density at radius 3 is 2.57 bits per heavy atom. The summed E-state index contributed by atoms with van der Waals surface area (Å²) in [6, 6.07) is 0.690. The molecule has 1 aliphatic rings. The molecule has 7 nitrogen and oxygen atoms in total. The number of likely N-dealkylation sites (tertiary alicyclic amines) is 1. The van der Waals surface area contributed by atoms with Gasteiger partial charge in [-0.05, 0) is 18.9 Å². The van der Waals surface area contributed by atoms with Crippen molar-refractivity contribution in [2.75, 3.05) is 13.1 Å². The third-order valence-electron chi connectivity index (χ3n) is 3.76. The minimum absolute atomic E-state index is 0. The Morgan fingerprint density at radius 2 is 2.04 bits per heavy atom. The van der Waals surface area contributed by atoms with Gasteiger partial charge in [-0.1, -0.05) is 0 Å². The number of carboxylic acids is 1. The van der Waals surface area contributed by atoms with Gasteiger partial charge < -0.3 is 15.7 Å². The lowest BCUT2D eigenvalue weighted by molar-refractivity contribution is -0.142. The quantitative estimate of drug-likeness (QED) is 0.846. The molecule has 1 amide bonds. The van der Waals surface area contributed by atoms with E-state index in [-0.39, 0.29) is 37.2 Å². The summed E-state index contributed by atoms with van der Waals surface area (Å²) in [6.07, 6.45) is -1.89. The minimum atomic E-state index is -2.77. The molecule has 130 valence electrons. The van der Waals surface area contributed by atoms with Crippen LogP contribution in [0.4, 0.5) is 8.78 Å². The first kappa shape index (κ1) is 19.3. The number of nitrogens with zero attached hydrogens (tertiary/aromatic N) is 3. The second-order valence-electron chi connectivity index (χ2n) is 5.46. The summed E-state index contributed by atoms with van der Waals surface area (Å²) < 4.78 is 26.4. The summed E-state index contributed by atoms with van der Waals surface area (Å²) >= 11 is 0. The molecule has 1 aromatic heterocycles. The number of nitrogens with two attached hydrogens (primary N) is 1. The molecule has 0 spiro atoms. The fraction of sp³-hybridized carbons (Fsp3) is 0.615. The highest BCUT2D eigenvalue weighted by molar-refractivity contribution is 5.93. The summed E-state index contributed by atoms with van der Waals surface area (Å²) in [7, 11) is 1.39. The van der Waals surface area contributed by atoms with Crippen LogP contribution >= 0.6 is 12.4 Å². The predicted molar refractivity (Wildman–Crippen MR) is 79.7 cm³/mol. The topological polar surface area (TPSA) is 101 Å². The lowest BCUT2D eigenvalue weighted by Gasteiger charge is -2.24. The summed E-state index contributed by atoms with van der Waals surface area (Å²) in [4.78, 5) is 25.0. The number of carboxylic acid groups (broad SMARTS) is 1. The average Bonchev–Trinajstić information content (AvgIpc) is 2.71. The zero-order chi connectivity index (χ0) is 16.4. The zero-order valence-corrected chi connectivity index (χ0v) is 13.3. The number of aromatic nitrogens is 2. The van der Waals surface area contributed by atoms with Crippen LogP contribution in [0.2, 0.25) is 0 Å². The zero-order valence-electron chi connectivity index (χ0n) is 12.5. The smallest absolute Gasteiger partial charge is 0.308 e. The van der Waals surface area contributed by atoms with E-state index in [2.05, 4.69) is 5.10 Å². The summed E-state index contributed by atoms with van der Waals surface area (Å²) in [5.74, 6) is -2.24. The second kappa shape index (κ2) is 7.69. The third-order valence-corrected chi connectivity index (χ3v) is 3.76. The van der Waals surface area contributed by atoms with Crippen LogP contribution in [0.25, 0.3) is 0 Å². The number of alkyl halides is 2. The van der Waals surface area contributed by atoms with Gasteiger partial charge in [-0.15, -0.1) is 12.4 Å². The van der Waals surface area contributed by atoms with Crippen molar-refractivity contribution in [2.45, 2.75) is 25.3 Å². The molecule has 2 rings (SSSR count). The van der Waals surface area contributed by atoms with Crippen molar-refractivity contribution in [1.29, 1.82) is 0 Å². The fourth-order valence-corrected chi connectivity index (χ4v) is 2.55. The first-order valence-electron chi connectivity index (χ1n) is 6.89. The van der Waals surface area contributed by atoms with E-state index in [0.29, 0.717) is 12.8 Å². The maximum absolute atomic E-state index is 12.7. The highest BCUT2D eigenvalue weighted by Crippen LogP contribution is 2.21. The van der Waals surface area contributed by atoms with Crippen LogP contribution in [0.15, 0.2) is 6.07 Å². The Balaban J connectivity index is 0.00000264. The van der Waals surface area contributed by atoms with Crippen molar-refractivity contribution < 1.29 is 23.5 Å². The van der Waals surface area contributed by atoms with Gasteiger partial charge in [-0.2, -0.15) is 5.10 Å². The number of hydrogen-bond acceptors (Lipinski definition) is 4. The Kier molecular flexibility index (Phi) is 6.46. The number of aliphatic carboxylic acids is 1. The summed E-state index contributed by atoms with van der Waals surface area (Å²) in [6.45, 7) is 0.203. The van der Waals surface area contributed by atoms with Crippen LogP contribution in [-0.2, 0) is 11.8 Å². The molecular weight excluding hydrogens is 334 g/mol. The van der Waals surface area contributed by atoms with E-state index >= 15 is 0 Å². The molecule has 1 aromatic rings. The van der Waals surface area contributed by atoms with Crippen LogP contribution in [-0.4, -0.2) is 50.8 Å². The number of halogens is 3. The Bertz CT molecular complexity index is 582. The maximum atomic E-state index is 12.7. The fourth-order valence-electron chi connectivity index (χ4n) is 2.55. The number of rotatable bonds is 3. The number of hydrogen-bond donors (Lipinski definition) is 2. The van der Waals surface area contributed by atoms with Gasteiger partial charge in [-0.3, -0.25) is 14.3 Å². The molecule has 0 unspecified atom stereocenters. The largest absolute Gasteiger partial charge is 0.481 e. The van der Waals surface area contributed by atoms with E-state index in [1.165, 1.54) is 11.9 Å². The summed E-state index contributed by atoms with van der Waals surface area (Å²) in [5.41, 5.74) is 5.37. The van der Waals surface area contributed by atoms with Crippen molar-refractivity contribution in [3.8, 4) is 0 Å². The Hall–Kier alpha value is -1.74. The molecule has 0 aliphatic carbocycles. The molecule has 0 saturated carbocycles. The standard InChI is InChI=1S/C13H18F2N4O3.ClH/c1-18-10(4-9(17-18)11(14)15)12(20)19-5-7(13(21)22)2-3-8(16)6-19;/h4,7-8,11H,2-3,5-6,16H2,1H3,(H,21,22);1H/t7-,8+;/m0./s1. The molecule has 3 N–H and O–H groups in total.